The van der Waals surface area contributed by atoms with Gasteiger partial charge in [-0.3, -0.25) is 0 Å². The zero-order valence-electron chi connectivity index (χ0n) is 22.8. The Morgan fingerprint density at radius 1 is 0.343 bits per heavy atom. The second-order valence-corrected chi connectivity index (χ2v) is 13.1. The molecule has 0 nitrogen and oxygen atoms in total. The summed E-state index contributed by atoms with van der Waals surface area (Å²) in [5, 5.41) is 0. The van der Waals surface area contributed by atoms with Gasteiger partial charge in [-0.15, -0.1) is 0 Å². The van der Waals surface area contributed by atoms with Crippen LogP contribution in [0, 0.1) is 11.8 Å². The largest absolute Gasteiger partial charge is 0.0667 e. The summed E-state index contributed by atoms with van der Waals surface area (Å²) in [6.07, 6.45) is 36.2. The highest BCUT2D eigenvalue weighted by molar-refractivity contribution is 5.44. The SMILES string of the molecule is C1CCC2=C(CC1)C1=C(CCCCC1)CC(C1CCC3=C(CCCCC3)C3=C1CCCCC3)CC2. The normalized spacial score (nSPS) is 31.5. The van der Waals surface area contributed by atoms with E-state index in [1.807, 2.05) is 44.6 Å². The van der Waals surface area contributed by atoms with Gasteiger partial charge >= 0.3 is 0 Å². The van der Waals surface area contributed by atoms with Crippen LogP contribution in [0.3, 0.4) is 0 Å². The van der Waals surface area contributed by atoms with E-state index in [2.05, 4.69) is 0 Å². The Morgan fingerprint density at radius 2 is 0.800 bits per heavy atom. The smallest absolute Gasteiger partial charge is 0.0163 e. The first-order valence-corrected chi connectivity index (χ1v) is 16.2. The molecule has 0 heteroatoms. The van der Waals surface area contributed by atoms with Crippen molar-refractivity contribution in [3.63, 3.8) is 0 Å². The van der Waals surface area contributed by atoms with E-state index >= 15 is 0 Å². The van der Waals surface area contributed by atoms with Crippen molar-refractivity contribution in [1.82, 2.24) is 0 Å². The molecule has 0 aromatic carbocycles. The molecule has 6 rings (SSSR count). The molecule has 0 heterocycles. The molecule has 0 aromatic rings. The van der Waals surface area contributed by atoms with Crippen molar-refractivity contribution < 1.29 is 0 Å². The summed E-state index contributed by atoms with van der Waals surface area (Å²) < 4.78 is 0. The molecule has 0 fully saturated rings. The van der Waals surface area contributed by atoms with Crippen LogP contribution in [-0.4, -0.2) is 0 Å². The van der Waals surface area contributed by atoms with Crippen molar-refractivity contribution in [1.29, 1.82) is 0 Å². The van der Waals surface area contributed by atoms with E-state index in [1.54, 1.807) is 0 Å². The minimum absolute atomic E-state index is 0.889. The lowest BCUT2D eigenvalue weighted by Gasteiger charge is -2.34. The molecule has 35 heavy (non-hydrogen) atoms. The number of allylic oxidation sites excluding steroid dienone is 8. The van der Waals surface area contributed by atoms with E-state index in [0.717, 1.165) is 11.8 Å². The molecule has 0 aromatic heterocycles. The topological polar surface area (TPSA) is 0 Å². The first kappa shape index (κ1) is 24.3. The van der Waals surface area contributed by atoms with Crippen LogP contribution in [0.1, 0.15) is 161 Å². The van der Waals surface area contributed by atoms with Gasteiger partial charge in [0.1, 0.15) is 0 Å². The van der Waals surface area contributed by atoms with Gasteiger partial charge < -0.3 is 0 Å². The van der Waals surface area contributed by atoms with E-state index in [-0.39, 0.29) is 0 Å². The molecule has 0 amide bonds. The molecule has 6 aliphatic rings. The van der Waals surface area contributed by atoms with Gasteiger partial charge in [0.2, 0.25) is 0 Å². The molecular weight excluding hydrogens is 420 g/mol. The maximum Gasteiger partial charge on any atom is -0.0163 e. The third kappa shape index (κ3) is 5.33. The van der Waals surface area contributed by atoms with E-state index in [9.17, 15) is 0 Å². The fraction of sp³-hybridized carbons (Fsp3) is 0.771. The fourth-order valence-corrected chi connectivity index (χ4v) is 9.31. The minimum Gasteiger partial charge on any atom is -0.0667 e. The van der Waals surface area contributed by atoms with Crippen molar-refractivity contribution in [2.75, 3.05) is 0 Å². The standard InChI is InChI=1S/C35H52/c1-5-13-26-21-22-29(25-28-15-7-3-10-18-32(28)30(26)16-8-1)33-24-23-27-14-6-2-9-17-31(27)34-19-11-4-12-20-35(33)34/h29,33H,1-25H2. The van der Waals surface area contributed by atoms with Gasteiger partial charge in [-0.1, -0.05) is 48.0 Å². The van der Waals surface area contributed by atoms with Crippen molar-refractivity contribution in [3.05, 3.63) is 44.6 Å². The zero-order chi connectivity index (χ0) is 23.5. The Labute approximate surface area is 216 Å². The summed E-state index contributed by atoms with van der Waals surface area (Å²) in [5.41, 5.74) is 15.5. The van der Waals surface area contributed by atoms with Crippen LogP contribution in [0.5, 0.6) is 0 Å². The lowest BCUT2D eigenvalue weighted by molar-refractivity contribution is 0.319. The van der Waals surface area contributed by atoms with Crippen LogP contribution in [-0.2, 0) is 0 Å². The Balaban J connectivity index is 1.36. The number of rotatable bonds is 1. The van der Waals surface area contributed by atoms with Crippen molar-refractivity contribution >= 4 is 0 Å². The van der Waals surface area contributed by atoms with Crippen LogP contribution < -0.4 is 0 Å². The molecule has 2 unspecified atom stereocenters. The molecule has 0 N–H and O–H groups in total. The molecule has 0 aliphatic heterocycles. The van der Waals surface area contributed by atoms with Crippen molar-refractivity contribution in [2.45, 2.75) is 161 Å². The molecule has 0 spiro atoms. The molecular formula is C35H52. The van der Waals surface area contributed by atoms with Gasteiger partial charge in [0.05, 0.1) is 0 Å². The van der Waals surface area contributed by atoms with Gasteiger partial charge in [0, 0.05) is 0 Å². The fourth-order valence-electron chi connectivity index (χ4n) is 9.31. The number of hydrogen-bond donors (Lipinski definition) is 0. The van der Waals surface area contributed by atoms with Gasteiger partial charge in [-0.25, -0.2) is 0 Å². The average molecular weight is 473 g/mol. The van der Waals surface area contributed by atoms with Gasteiger partial charge in [-0.2, -0.15) is 0 Å². The third-order valence-electron chi connectivity index (χ3n) is 11.1. The first-order valence-electron chi connectivity index (χ1n) is 16.2. The lowest BCUT2D eigenvalue weighted by Crippen LogP contribution is -2.21. The quantitative estimate of drug-likeness (QED) is 0.356. The number of fused-ring (bicyclic) bond motifs is 2. The van der Waals surface area contributed by atoms with Gasteiger partial charge in [0.15, 0.2) is 0 Å². The predicted octanol–water partition coefficient (Wildman–Crippen LogP) is 11.2. The van der Waals surface area contributed by atoms with E-state index in [4.69, 9.17) is 0 Å². The zero-order valence-corrected chi connectivity index (χ0v) is 22.8. The lowest BCUT2D eigenvalue weighted by atomic mass is 9.71. The van der Waals surface area contributed by atoms with Crippen LogP contribution in [0.4, 0.5) is 0 Å². The molecule has 0 saturated carbocycles. The van der Waals surface area contributed by atoms with Crippen LogP contribution in [0.25, 0.3) is 0 Å². The summed E-state index contributed by atoms with van der Waals surface area (Å²) in [6.45, 7) is 0. The highest BCUT2D eigenvalue weighted by Gasteiger charge is 2.34. The average Bonchev–Trinajstić information content (AvgIpc) is 3.43. The minimum atomic E-state index is 0.889. The van der Waals surface area contributed by atoms with Crippen LogP contribution in [0.15, 0.2) is 44.6 Å². The van der Waals surface area contributed by atoms with Gasteiger partial charge in [0.25, 0.3) is 0 Å². The highest BCUT2D eigenvalue weighted by atomic mass is 14.4. The van der Waals surface area contributed by atoms with E-state index < -0.39 is 0 Å². The highest BCUT2D eigenvalue weighted by Crippen LogP contribution is 2.50. The Bertz CT molecular complexity index is 902. The maximum absolute atomic E-state index is 2.01. The molecule has 6 aliphatic carbocycles. The third-order valence-corrected chi connectivity index (χ3v) is 11.1. The molecule has 192 valence electrons. The van der Waals surface area contributed by atoms with Crippen LogP contribution in [0.2, 0.25) is 0 Å². The first-order chi connectivity index (χ1) is 17.4. The second kappa shape index (κ2) is 11.6. The Kier molecular flexibility index (Phi) is 8.03. The molecule has 0 bridgehead atoms. The number of hydrogen-bond acceptors (Lipinski definition) is 0. The molecule has 0 saturated heterocycles. The van der Waals surface area contributed by atoms with Crippen molar-refractivity contribution in [3.8, 4) is 0 Å². The summed E-state index contributed by atoms with van der Waals surface area (Å²) in [4.78, 5) is 0. The molecule has 2 atom stereocenters. The van der Waals surface area contributed by atoms with E-state index in [1.165, 1.54) is 161 Å². The summed E-state index contributed by atoms with van der Waals surface area (Å²) in [5.74, 6) is 1.81. The summed E-state index contributed by atoms with van der Waals surface area (Å²) in [7, 11) is 0. The monoisotopic (exact) mass is 472 g/mol. The Morgan fingerprint density at radius 3 is 1.46 bits per heavy atom. The molecule has 0 radical (unpaired) electrons. The van der Waals surface area contributed by atoms with Gasteiger partial charge in [-0.05, 0) is 169 Å². The van der Waals surface area contributed by atoms with E-state index in [0.29, 0.717) is 0 Å². The van der Waals surface area contributed by atoms with Crippen LogP contribution >= 0.6 is 0 Å². The second-order valence-electron chi connectivity index (χ2n) is 13.1. The van der Waals surface area contributed by atoms with Crippen molar-refractivity contribution in [2.24, 2.45) is 11.8 Å². The predicted molar refractivity (Wildman–Crippen MR) is 151 cm³/mol. The maximum atomic E-state index is 2.01. The summed E-state index contributed by atoms with van der Waals surface area (Å²) in [6, 6.07) is 0. The Hall–Kier alpha value is -1.04. The summed E-state index contributed by atoms with van der Waals surface area (Å²) >= 11 is 0.